The Morgan fingerprint density at radius 2 is 1.53 bits per heavy atom. The van der Waals surface area contributed by atoms with E-state index in [-0.39, 0.29) is 12.4 Å². The van der Waals surface area contributed by atoms with Crippen molar-refractivity contribution in [2.45, 2.75) is 19.4 Å². The van der Waals surface area contributed by atoms with E-state index in [1.165, 1.54) is 13.0 Å². The van der Waals surface area contributed by atoms with Gasteiger partial charge in [-0.15, -0.1) is 19.0 Å². The summed E-state index contributed by atoms with van der Waals surface area (Å²) in [6, 6.07) is 0.649. The van der Waals surface area contributed by atoms with Crippen molar-refractivity contribution in [1.29, 1.82) is 0 Å². The van der Waals surface area contributed by atoms with Gasteiger partial charge in [-0.1, -0.05) is 13.0 Å². The van der Waals surface area contributed by atoms with Gasteiger partial charge < -0.3 is 18.2 Å². The van der Waals surface area contributed by atoms with E-state index >= 15 is 0 Å². The van der Waals surface area contributed by atoms with Crippen LogP contribution in [0.2, 0.25) is 6.04 Å². The highest BCUT2D eigenvalue weighted by molar-refractivity contribution is 6.61. The average molecular weight is 286 g/mol. The number of allylic oxidation sites excluding steroid dienone is 1. The number of nitrogens with zero attached hydrogens (tertiary/aromatic N) is 1. The van der Waals surface area contributed by atoms with E-state index in [4.69, 9.17) is 13.3 Å². The number of hydrogen-bond donors (Lipinski definition) is 0. The summed E-state index contributed by atoms with van der Waals surface area (Å²) in [6.07, 6.45) is 3.00. The number of hydrogen-bond acceptors (Lipinski definition) is 4. The van der Waals surface area contributed by atoms with Crippen LogP contribution in [0.4, 0.5) is 0 Å². The predicted octanol–water partition coefficient (Wildman–Crippen LogP) is 2.43. The van der Waals surface area contributed by atoms with Gasteiger partial charge in [-0.25, -0.2) is 0 Å². The van der Waals surface area contributed by atoms with Gasteiger partial charge >= 0.3 is 8.80 Å². The molecule has 0 N–H and O–H groups in total. The zero-order valence-corrected chi connectivity index (χ0v) is 13.8. The first-order valence-corrected chi connectivity index (χ1v) is 7.36. The van der Waals surface area contributed by atoms with E-state index < -0.39 is 8.80 Å². The highest BCUT2D eigenvalue weighted by Gasteiger charge is 2.35. The lowest BCUT2D eigenvalue weighted by Crippen LogP contribution is -2.41. The van der Waals surface area contributed by atoms with E-state index in [1.54, 1.807) is 27.4 Å². The Bertz CT molecular complexity index is 159. The van der Waals surface area contributed by atoms with Crippen LogP contribution in [0.5, 0.6) is 0 Å². The average Bonchev–Trinajstić information content (AvgIpc) is 2.27. The van der Waals surface area contributed by atoms with Crippen molar-refractivity contribution in [2.24, 2.45) is 0 Å². The van der Waals surface area contributed by atoms with E-state index in [0.717, 1.165) is 0 Å². The first-order valence-electron chi connectivity index (χ1n) is 5.42. The highest BCUT2D eigenvalue weighted by atomic mass is 35.5. The SMILES string of the molecule is C=CC[Si](OC)(OC)OC.CCCN(C)C.Cl. The Morgan fingerprint density at radius 3 is 1.59 bits per heavy atom. The predicted molar refractivity (Wildman–Crippen MR) is 77.9 cm³/mol. The normalized spacial score (nSPS) is 10.3. The van der Waals surface area contributed by atoms with Crippen molar-refractivity contribution >= 4 is 21.2 Å². The lowest BCUT2D eigenvalue weighted by Gasteiger charge is -2.22. The summed E-state index contributed by atoms with van der Waals surface area (Å²) in [7, 11) is 6.60. The molecule has 0 unspecified atom stereocenters. The van der Waals surface area contributed by atoms with Gasteiger partial charge in [0.15, 0.2) is 0 Å². The molecule has 0 aromatic carbocycles. The maximum atomic E-state index is 5.10. The largest absolute Gasteiger partial charge is 0.504 e. The number of halogens is 1. The zero-order valence-electron chi connectivity index (χ0n) is 12.0. The molecule has 0 amide bonds. The second-order valence-corrected chi connectivity index (χ2v) is 6.59. The van der Waals surface area contributed by atoms with Crippen molar-refractivity contribution in [1.82, 2.24) is 4.90 Å². The Morgan fingerprint density at radius 1 is 1.12 bits per heavy atom. The highest BCUT2D eigenvalue weighted by Crippen LogP contribution is 2.11. The lowest BCUT2D eigenvalue weighted by molar-refractivity contribution is 0.127. The van der Waals surface area contributed by atoms with Gasteiger partial charge in [0, 0.05) is 27.4 Å². The smallest absolute Gasteiger partial charge is 0.377 e. The summed E-state index contributed by atoms with van der Waals surface area (Å²) < 4.78 is 15.3. The van der Waals surface area contributed by atoms with Crippen LogP contribution in [0.25, 0.3) is 0 Å². The molecular weight excluding hydrogens is 258 g/mol. The Labute approximate surface area is 114 Å². The second kappa shape index (κ2) is 14.1. The van der Waals surface area contributed by atoms with Crippen LogP contribution in [0.3, 0.4) is 0 Å². The van der Waals surface area contributed by atoms with Crippen LogP contribution < -0.4 is 0 Å². The van der Waals surface area contributed by atoms with E-state index in [9.17, 15) is 0 Å². The molecule has 0 rings (SSSR count). The third-order valence-corrected chi connectivity index (χ3v) is 4.65. The third kappa shape index (κ3) is 12.3. The number of rotatable bonds is 7. The van der Waals surface area contributed by atoms with Gasteiger partial charge in [0.1, 0.15) is 0 Å². The van der Waals surface area contributed by atoms with Crippen LogP contribution in [0, 0.1) is 0 Å². The monoisotopic (exact) mass is 285 g/mol. The molecule has 0 aliphatic carbocycles. The first kappa shape index (κ1) is 22.3. The van der Waals surface area contributed by atoms with Crippen molar-refractivity contribution < 1.29 is 13.3 Å². The van der Waals surface area contributed by atoms with Crippen molar-refractivity contribution in [3.8, 4) is 0 Å². The molecule has 0 atom stereocenters. The summed E-state index contributed by atoms with van der Waals surface area (Å²) >= 11 is 0. The van der Waals surface area contributed by atoms with Crippen LogP contribution in [-0.4, -0.2) is 55.7 Å². The minimum Gasteiger partial charge on any atom is -0.377 e. The van der Waals surface area contributed by atoms with Gasteiger partial charge in [-0.05, 0) is 27.1 Å². The summed E-state index contributed by atoms with van der Waals surface area (Å²) in [4.78, 5) is 2.18. The van der Waals surface area contributed by atoms with Gasteiger partial charge in [0.05, 0.1) is 0 Å². The fourth-order valence-corrected chi connectivity index (χ4v) is 2.48. The molecule has 0 spiro atoms. The maximum Gasteiger partial charge on any atom is 0.504 e. The fourth-order valence-electron chi connectivity index (χ4n) is 1.12. The molecule has 0 fully saturated rings. The Kier molecular flexibility index (Phi) is 18.5. The molecule has 0 aliphatic rings. The van der Waals surface area contributed by atoms with Gasteiger partial charge in [0.25, 0.3) is 0 Å². The third-order valence-electron chi connectivity index (χ3n) is 2.00. The fraction of sp³-hybridized carbons (Fsp3) is 0.818. The minimum atomic E-state index is -2.34. The van der Waals surface area contributed by atoms with Crippen LogP contribution in [-0.2, 0) is 13.3 Å². The van der Waals surface area contributed by atoms with E-state index in [0.29, 0.717) is 6.04 Å². The molecule has 0 aromatic rings. The molecule has 17 heavy (non-hydrogen) atoms. The van der Waals surface area contributed by atoms with Crippen LogP contribution in [0.15, 0.2) is 12.7 Å². The molecule has 0 saturated heterocycles. The van der Waals surface area contributed by atoms with Gasteiger partial charge in [-0.3, -0.25) is 0 Å². The quantitative estimate of drug-likeness (QED) is 0.531. The molecule has 106 valence electrons. The topological polar surface area (TPSA) is 30.9 Å². The zero-order chi connectivity index (χ0) is 13.0. The standard InChI is InChI=1S/C6H14O3Si.C5H13N.ClH/c1-5-6-10(7-2,8-3)9-4;1-4-5-6(2)3;/h5H,1,6H2,2-4H3;4-5H2,1-3H3;1H. The summed E-state index contributed by atoms with van der Waals surface area (Å²) in [5, 5.41) is 0. The molecule has 0 aromatic heterocycles. The minimum absolute atomic E-state index is 0. The second-order valence-electron chi connectivity index (χ2n) is 3.59. The van der Waals surface area contributed by atoms with Gasteiger partial charge in [0.2, 0.25) is 0 Å². The maximum absolute atomic E-state index is 5.10. The molecule has 0 radical (unpaired) electrons. The molecule has 4 nitrogen and oxygen atoms in total. The van der Waals surface area contributed by atoms with Crippen molar-refractivity contribution in [3.05, 3.63) is 12.7 Å². The Balaban J connectivity index is -0.000000244. The summed E-state index contributed by atoms with van der Waals surface area (Å²) in [6.45, 7) is 6.97. The summed E-state index contributed by atoms with van der Waals surface area (Å²) in [5.41, 5.74) is 0. The molecule has 0 heterocycles. The molecule has 6 heteroatoms. The van der Waals surface area contributed by atoms with Crippen LogP contribution >= 0.6 is 12.4 Å². The summed E-state index contributed by atoms with van der Waals surface area (Å²) in [5.74, 6) is 0. The van der Waals surface area contributed by atoms with Gasteiger partial charge in [-0.2, -0.15) is 0 Å². The Hall–Kier alpha value is 0.0869. The first-order chi connectivity index (χ1) is 7.51. The van der Waals surface area contributed by atoms with E-state index in [2.05, 4.69) is 32.5 Å². The molecule has 0 aliphatic heterocycles. The molecule has 0 saturated carbocycles. The van der Waals surface area contributed by atoms with Crippen molar-refractivity contribution in [2.75, 3.05) is 42.0 Å². The molecule has 0 bridgehead atoms. The van der Waals surface area contributed by atoms with Crippen LogP contribution in [0.1, 0.15) is 13.3 Å². The van der Waals surface area contributed by atoms with E-state index in [1.807, 2.05) is 0 Å². The lowest BCUT2D eigenvalue weighted by atomic mass is 10.5. The van der Waals surface area contributed by atoms with Crippen molar-refractivity contribution in [3.63, 3.8) is 0 Å². The molecular formula is C11H28ClNO3Si.